The van der Waals surface area contributed by atoms with Crippen LogP contribution in [-0.2, 0) is 13.2 Å². The Morgan fingerprint density at radius 3 is 2.74 bits per heavy atom. The quantitative estimate of drug-likeness (QED) is 0.338. The molecule has 38 heavy (non-hydrogen) atoms. The number of halogens is 4. The van der Waals surface area contributed by atoms with Crippen molar-refractivity contribution in [2.24, 2.45) is 7.05 Å². The topological polar surface area (TPSA) is 124 Å². The van der Waals surface area contributed by atoms with E-state index < -0.39 is 29.4 Å². The third kappa shape index (κ3) is 4.01. The normalized spacial score (nSPS) is 17.6. The summed E-state index contributed by atoms with van der Waals surface area (Å²) in [5.41, 5.74) is -0.901. The van der Waals surface area contributed by atoms with Crippen LogP contribution in [-0.4, -0.2) is 44.9 Å². The lowest BCUT2D eigenvalue weighted by molar-refractivity contribution is -0.138. The van der Waals surface area contributed by atoms with Crippen LogP contribution < -0.4 is 15.6 Å². The van der Waals surface area contributed by atoms with Crippen molar-refractivity contribution in [3.05, 3.63) is 64.2 Å². The molecule has 1 aliphatic rings. The maximum Gasteiger partial charge on any atom is 0.417 e. The van der Waals surface area contributed by atoms with Crippen LogP contribution in [0.1, 0.15) is 24.4 Å². The largest absolute Gasteiger partial charge is 0.450 e. The third-order valence-corrected chi connectivity index (χ3v) is 6.78. The van der Waals surface area contributed by atoms with Gasteiger partial charge in [-0.05, 0) is 18.9 Å². The summed E-state index contributed by atoms with van der Waals surface area (Å²) in [6.45, 7) is 0. The van der Waals surface area contributed by atoms with E-state index in [4.69, 9.17) is 16.3 Å². The molecule has 5 heterocycles. The van der Waals surface area contributed by atoms with Crippen molar-refractivity contribution in [1.29, 1.82) is 0 Å². The number of nitrogens with one attached hydrogen (secondary N) is 1. The van der Waals surface area contributed by atoms with Gasteiger partial charge in [0.25, 0.3) is 5.56 Å². The Morgan fingerprint density at radius 1 is 1.21 bits per heavy atom. The smallest absolute Gasteiger partial charge is 0.417 e. The van der Waals surface area contributed by atoms with Gasteiger partial charge in [0.2, 0.25) is 5.95 Å². The molecule has 1 saturated carbocycles. The highest BCUT2D eigenvalue weighted by Gasteiger charge is 2.36. The molecule has 0 atom stereocenters. The van der Waals surface area contributed by atoms with E-state index in [1.165, 1.54) is 17.0 Å². The number of pyridine rings is 2. The summed E-state index contributed by atoms with van der Waals surface area (Å²) in [5, 5.41) is 16.6. The van der Waals surface area contributed by atoms with Crippen LogP contribution in [0.25, 0.3) is 16.7 Å². The zero-order valence-electron chi connectivity index (χ0n) is 19.5. The number of fused-ring (bicyclic) bond motifs is 2. The average Bonchev–Trinajstić information content (AvgIpc) is 3.40. The standard InChI is InChI=1S/C23H18ClF3N8O3/c1-33-19-18(24)17(38-16-9-30-35-3-2-28-7-15(16)35)8-29-20(19)32-22(33)31-14-4-11(23(25,26)27)10-34(21(14)37)12-5-13(36)6-12/h2-4,7-10,12-13,36H,5-6H2,1H3,(H,29,31,32)/t12-,13+. The predicted octanol–water partition coefficient (Wildman–Crippen LogP) is 4.08. The van der Waals surface area contributed by atoms with Crippen LogP contribution in [0, 0.1) is 0 Å². The highest BCUT2D eigenvalue weighted by atomic mass is 35.5. The number of anilines is 2. The monoisotopic (exact) mass is 546 g/mol. The summed E-state index contributed by atoms with van der Waals surface area (Å²) in [5.74, 6) is 0.619. The number of aliphatic hydroxyl groups is 1. The zero-order valence-corrected chi connectivity index (χ0v) is 20.3. The molecule has 1 aliphatic carbocycles. The van der Waals surface area contributed by atoms with Gasteiger partial charge in [-0.1, -0.05) is 11.6 Å². The number of aromatic nitrogens is 7. The summed E-state index contributed by atoms with van der Waals surface area (Å²) in [6.07, 6.45) is 3.47. The van der Waals surface area contributed by atoms with E-state index in [1.54, 1.807) is 30.2 Å². The van der Waals surface area contributed by atoms with Gasteiger partial charge in [0.05, 0.1) is 30.3 Å². The van der Waals surface area contributed by atoms with Gasteiger partial charge >= 0.3 is 6.18 Å². The molecule has 0 aliphatic heterocycles. The first-order chi connectivity index (χ1) is 18.1. The van der Waals surface area contributed by atoms with Crippen molar-refractivity contribution in [3.8, 4) is 11.5 Å². The maximum atomic E-state index is 13.6. The Balaban J connectivity index is 1.38. The molecule has 5 aromatic heterocycles. The Kier molecular flexibility index (Phi) is 5.54. The summed E-state index contributed by atoms with van der Waals surface area (Å²) in [4.78, 5) is 25.7. The van der Waals surface area contributed by atoms with Crippen molar-refractivity contribution in [2.45, 2.75) is 31.2 Å². The number of hydrogen-bond donors (Lipinski definition) is 2. The second kappa shape index (κ2) is 8.70. The number of hydrogen-bond acceptors (Lipinski definition) is 8. The lowest BCUT2D eigenvalue weighted by Crippen LogP contribution is -2.37. The van der Waals surface area contributed by atoms with Crippen LogP contribution in [0.5, 0.6) is 11.5 Å². The molecule has 15 heteroatoms. The molecule has 11 nitrogen and oxygen atoms in total. The second-order valence-corrected chi connectivity index (χ2v) is 9.25. The highest BCUT2D eigenvalue weighted by Crippen LogP contribution is 2.38. The van der Waals surface area contributed by atoms with Crippen LogP contribution in [0.15, 0.2) is 48.0 Å². The molecular weight excluding hydrogens is 529 g/mol. The van der Waals surface area contributed by atoms with Crippen LogP contribution in [0.4, 0.5) is 24.8 Å². The first kappa shape index (κ1) is 24.2. The van der Waals surface area contributed by atoms with Crippen molar-refractivity contribution in [2.75, 3.05) is 5.32 Å². The maximum absolute atomic E-state index is 13.6. The van der Waals surface area contributed by atoms with Gasteiger partial charge in [0, 0.05) is 31.7 Å². The number of rotatable bonds is 5. The van der Waals surface area contributed by atoms with Crippen molar-refractivity contribution in [1.82, 2.24) is 33.7 Å². The summed E-state index contributed by atoms with van der Waals surface area (Å²) in [7, 11) is 1.57. The molecule has 196 valence electrons. The van der Waals surface area contributed by atoms with Gasteiger partial charge in [-0.2, -0.15) is 23.3 Å². The van der Waals surface area contributed by atoms with E-state index in [0.717, 1.165) is 16.8 Å². The second-order valence-electron chi connectivity index (χ2n) is 8.88. The molecule has 6 rings (SSSR count). The van der Waals surface area contributed by atoms with Gasteiger partial charge in [0.15, 0.2) is 17.1 Å². The SMILES string of the molecule is Cn1c(Nc2cc(C(F)(F)F)cn([C@H]3C[C@@H](O)C3)c2=O)nc2ncc(Oc3cnn4ccncc34)c(Cl)c21. The number of imidazole rings is 1. The minimum Gasteiger partial charge on any atom is -0.450 e. The Hall–Kier alpha value is -4.17. The summed E-state index contributed by atoms with van der Waals surface area (Å²) in [6, 6.07) is 0.197. The van der Waals surface area contributed by atoms with Gasteiger partial charge < -0.3 is 24.3 Å². The number of aryl methyl sites for hydroxylation is 1. The number of alkyl halides is 3. The van der Waals surface area contributed by atoms with E-state index in [0.29, 0.717) is 16.8 Å². The predicted molar refractivity (Wildman–Crippen MR) is 130 cm³/mol. The molecule has 2 N–H and O–H groups in total. The Bertz CT molecular complexity index is 1760. The Labute approximate surface area is 216 Å². The lowest BCUT2D eigenvalue weighted by atomic mass is 9.89. The molecule has 0 amide bonds. The van der Waals surface area contributed by atoms with Gasteiger partial charge in [0.1, 0.15) is 21.7 Å². The molecule has 0 unspecified atom stereocenters. The molecule has 0 bridgehead atoms. The first-order valence-electron chi connectivity index (χ1n) is 11.3. The van der Waals surface area contributed by atoms with Gasteiger partial charge in [-0.3, -0.25) is 9.78 Å². The average molecular weight is 547 g/mol. The first-order valence-corrected chi connectivity index (χ1v) is 11.7. The Morgan fingerprint density at radius 2 is 2.00 bits per heavy atom. The molecular formula is C23H18ClF3N8O3. The van der Waals surface area contributed by atoms with Crippen molar-refractivity contribution >= 4 is 39.9 Å². The number of aliphatic hydroxyl groups excluding tert-OH is 1. The fourth-order valence-corrected chi connectivity index (χ4v) is 4.63. The molecule has 0 aromatic carbocycles. The third-order valence-electron chi connectivity index (χ3n) is 6.41. The van der Waals surface area contributed by atoms with Crippen LogP contribution in [0.3, 0.4) is 0 Å². The molecule has 0 saturated heterocycles. The van der Waals surface area contributed by atoms with E-state index in [1.807, 2.05) is 0 Å². The van der Waals surface area contributed by atoms with Crippen molar-refractivity contribution in [3.63, 3.8) is 0 Å². The zero-order chi connectivity index (χ0) is 26.8. The summed E-state index contributed by atoms with van der Waals surface area (Å²) >= 11 is 6.62. The van der Waals surface area contributed by atoms with Gasteiger partial charge in [-0.15, -0.1) is 0 Å². The van der Waals surface area contributed by atoms with E-state index in [2.05, 4.69) is 25.4 Å². The summed E-state index contributed by atoms with van der Waals surface area (Å²) < 4.78 is 50.8. The van der Waals surface area contributed by atoms with Gasteiger partial charge in [-0.25, -0.2) is 9.50 Å². The minimum absolute atomic E-state index is 0.0448. The van der Waals surface area contributed by atoms with Crippen LogP contribution in [0.2, 0.25) is 5.02 Å². The fraction of sp³-hybridized carbons (Fsp3) is 0.261. The lowest BCUT2D eigenvalue weighted by Gasteiger charge is -2.33. The molecule has 0 spiro atoms. The number of ether oxygens (including phenoxy) is 1. The highest BCUT2D eigenvalue weighted by molar-refractivity contribution is 6.36. The van der Waals surface area contributed by atoms with Crippen molar-refractivity contribution < 1.29 is 23.0 Å². The number of nitrogens with zero attached hydrogens (tertiary/aromatic N) is 7. The van der Waals surface area contributed by atoms with Crippen LogP contribution >= 0.6 is 11.6 Å². The minimum atomic E-state index is -4.69. The molecule has 1 fully saturated rings. The van der Waals surface area contributed by atoms with E-state index in [-0.39, 0.29) is 40.9 Å². The van der Waals surface area contributed by atoms with E-state index in [9.17, 15) is 23.1 Å². The molecule has 5 aromatic rings. The molecule has 0 radical (unpaired) electrons. The fourth-order valence-electron chi connectivity index (χ4n) is 4.33. The van der Waals surface area contributed by atoms with E-state index >= 15 is 0 Å².